The first-order chi connectivity index (χ1) is 14.5. The number of hydrogen-bond donors (Lipinski definition) is 1. The molecule has 0 bridgehead atoms. The van der Waals surface area contributed by atoms with Gasteiger partial charge in [-0.1, -0.05) is 35.5 Å². The van der Waals surface area contributed by atoms with Crippen LogP contribution < -0.4 is 5.32 Å². The fourth-order valence-corrected chi connectivity index (χ4v) is 5.23. The SMILES string of the molecule is CCOC(=O)CSC1=NC(c2cccc([N+](=O)[O-])c2)c2sc3ccc(Cl)cc3c2N1. The number of nitro benzene ring substituents is 1. The number of aliphatic imine (C=N–C) groups is 1. The molecule has 1 atom stereocenters. The molecule has 0 spiro atoms. The summed E-state index contributed by atoms with van der Waals surface area (Å²) in [6.45, 7) is 2.07. The summed E-state index contributed by atoms with van der Waals surface area (Å²) in [6, 6.07) is 11.7. The molecule has 30 heavy (non-hydrogen) atoms. The molecular weight excluding hydrogens is 446 g/mol. The third-order valence-corrected chi connectivity index (χ3v) is 6.75. The van der Waals surface area contributed by atoms with Crippen molar-refractivity contribution >= 4 is 67.3 Å². The fraction of sp³-hybridized carbons (Fsp3) is 0.200. The number of anilines is 1. The number of nitro groups is 1. The van der Waals surface area contributed by atoms with E-state index in [4.69, 9.17) is 21.3 Å². The zero-order valence-electron chi connectivity index (χ0n) is 15.8. The molecule has 0 saturated heterocycles. The number of ether oxygens (including phenoxy) is 1. The van der Waals surface area contributed by atoms with Crippen molar-refractivity contribution < 1.29 is 14.5 Å². The van der Waals surface area contributed by atoms with Gasteiger partial charge in [0.1, 0.15) is 6.04 Å². The van der Waals surface area contributed by atoms with Gasteiger partial charge in [-0.25, -0.2) is 4.99 Å². The second kappa shape index (κ2) is 8.63. The normalized spacial score (nSPS) is 15.3. The number of thioether (sulfide) groups is 1. The molecule has 1 aliphatic rings. The van der Waals surface area contributed by atoms with Gasteiger partial charge < -0.3 is 10.1 Å². The van der Waals surface area contributed by atoms with Crippen LogP contribution in [0.1, 0.15) is 23.4 Å². The highest BCUT2D eigenvalue weighted by Gasteiger charge is 2.29. The summed E-state index contributed by atoms with van der Waals surface area (Å²) in [5.41, 5.74) is 1.57. The highest BCUT2D eigenvalue weighted by molar-refractivity contribution is 8.14. The minimum atomic E-state index is -0.429. The third-order valence-electron chi connectivity index (χ3n) is 4.43. The smallest absolute Gasteiger partial charge is 0.316 e. The van der Waals surface area contributed by atoms with Crippen molar-refractivity contribution in [3.05, 3.63) is 68.0 Å². The molecule has 4 rings (SSSR count). The summed E-state index contributed by atoms with van der Waals surface area (Å²) >= 11 is 9.00. The molecule has 2 heterocycles. The number of rotatable bonds is 5. The number of halogens is 1. The van der Waals surface area contributed by atoms with Crippen molar-refractivity contribution in [1.29, 1.82) is 0 Å². The fourth-order valence-electron chi connectivity index (χ4n) is 3.16. The summed E-state index contributed by atoms with van der Waals surface area (Å²) < 4.78 is 6.02. The van der Waals surface area contributed by atoms with E-state index in [0.717, 1.165) is 20.7 Å². The minimum Gasteiger partial charge on any atom is -0.465 e. The van der Waals surface area contributed by atoms with Crippen LogP contribution in [0.3, 0.4) is 0 Å². The van der Waals surface area contributed by atoms with Crippen LogP contribution in [-0.2, 0) is 9.53 Å². The second-order valence-electron chi connectivity index (χ2n) is 6.39. The molecule has 1 aliphatic heterocycles. The molecule has 0 amide bonds. The zero-order chi connectivity index (χ0) is 21.3. The molecule has 1 unspecified atom stereocenters. The Morgan fingerprint density at radius 2 is 2.20 bits per heavy atom. The molecule has 7 nitrogen and oxygen atoms in total. The number of esters is 1. The first-order valence-corrected chi connectivity index (χ1v) is 11.2. The molecule has 0 radical (unpaired) electrons. The first kappa shape index (κ1) is 20.6. The Hall–Kier alpha value is -2.62. The molecule has 0 aliphatic carbocycles. The molecular formula is C20H16ClN3O4S2. The van der Waals surface area contributed by atoms with Crippen molar-refractivity contribution in [3.63, 3.8) is 0 Å². The minimum absolute atomic E-state index is 0.00710. The van der Waals surface area contributed by atoms with E-state index < -0.39 is 11.0 Å². The average molecular weight is 462 g/mol. The number of carbonyl (C=O) groups is 1. The number of hydrogen-bond acceptors (Lipinski definition) is 8. The molecule has 154 valence electrons. The van der Waals surface area contributed by atoms with Gasteiger partial charge in [0.05, 0.1) is 27.8 Å². The van der Waals surface area contributed by atoms with E-state index in [1.165, 1.54) is 23.9 Å². The lowest BCUT2D eigenvalue weighted by Gasteiger charge is -2.22. The van der Waals surface area contributed by atoms with Crippen molar-refractivity contribution in [2.24, 2.45) is 4.99 Å². The predicted octanol–water partition coefficient (Wildman–Crippen LogP) is 5.63. The molecule has 0 saturated carbocycles. The standard InChI is InChI=1S/C20H16ClN3O4S2/c1-2-28-16(25)10-29-20-22-17(11-4-3-5-13(8-11)24(26)27)19-18(23-20)14-9-12(21)6-7-15(14)30-19/h3-9,17H,2,10H2,1H3,(H,22,23). The largest absolute Gasteiger partial charge is 0.465 e. The monoisotopic (exact) mass is 461 g/mol. The molecule has 1 N–H and O–H groups in total. The van der Waals surface area contributed by atoms with E-state index >= 15 is 0 Å². The number of thiophene rings is 1. The number of nitrogens with one attached hydrogen (secondary N) is 1. The van der Waals surface area contributed by atoms with E-state index in [9.17, 15) is 14.9 Å². The van der Waals surface area contributed by atoms with Crippen molar-refractivity contribution in [2.45, 2.75) is 13.0 Å². The van der Waals surface area contributed by atoms with E-state index in [-0.39, 0.29) is 17.4 Å². The predicted molar refractivity (Wildman–Crippen MR) is 122 cm³/mol. The summed E-state index contributed by atoms with van der Waals surface area (Å²) in [4.78, 5) is 28.3. The van der Waals surface area contributed by atoms with Gasteiger partial charge in [0.2, 0.25) is 0 Å². The summed E-state index contributed by atoms with van der Waals surface area (Å²) in [6.07, 6.45) is 0. The van der Waals surface area contributed by atoms with Crippen LogP contribution in [0.4, 0.5) is 11.4 Å². The Kier molecular flexibility index (Phi) is 5.94. The van der Waals surface area contributed by atoms with Gasteiger partial charge in [0, 0.05) is 27.2 Å². The van der Waals surface area contributed by atoms with Crippen LogP contribution in [0.5, 0.6) is 0 Å². The highest BCUT2D eigenvalue weighted by atomic mass is 35.5. The maximum absolute atomic E-state index is 11.8. The number of nitrogens with zero attached hydrogens (tertiary/aromatic N) is 2. The van der Waals surface area contributed by atoms with Crippen LogP contribution in [0.2, 0.25) is 5.02 Å². The number of fused-ring (bicyclic) bond motifs is 3. The zero-order valence-corrected chi connectivity index (χ0v) is 18.1. The van der Waals surface area contributed by atoms with Crippen molar-refractivity contribution in [2.75, 3.05) is 17.7 Å². The Bertz CT molecular complexity index is 1180. The summed E-state index contributed by atoms with van der Waals surface area (Å²) in [7, 11) is 0. The number of benzene rings is 2. The van der Waals surface area contributed by atoms with Crippen LogP contribution in [-0.4, -0.2) is 28.4 Å². The van der Waals surface area contributed by atoms with E-state index in [2.05, 4.69) is 5.32 Å². The first-order valence-electron chi connectivity index (χ1n) is 9.05. The second-order valence-corrected chi connectivity index (χ2v) is 8.87. The maximum atomic E-state index is 11.8. The number of carbonyl (C=O) groups excluding carboxylic acids is 1. The van der Waals surface area contributed by atoms with E-state index in [0.29, 0.717) is 22.4 Å². The molecule has 1 aromatic heterocycles. The number of non-ortho nitro benzene ring substituents is 1. The number of amidine groups is 1. The van der Waals surface area contributed by atoms with E-state index in [1.54, 1.807) is 24.3 Å². The molecule has 2 aromatic carbocycles. The lowest BCUT2D eigenvalue weighted by atomic mass is 10.0. The molecule has 10 heteroatoms. The summed E-state index contributed by atoms with van der Waals surface area (Å²) in [5, 5.41) is 16.7. The van der Waals surface area contributed by atoms with Gasteiger partial charge in [-0.3, -0.25) is 14.9 Å². The van der Waals surface area contributed by atoms with Gasteiger partial charge in [0.25, 0.3) is 5.69 Å². The highest BCUT2D eigenvalue weighted by Crippen LogP contribution is 2.47. The van der Waals surface area contributed by atoms with Crippen LogP contribution >= 0.6 is 34.7 Å². The Morgan fingerprint density at radius 3 is 2.97 bits per heavy atom. The lowest BCUT2D eigenvalue weighted by molar-refractivity contribution is -0.384. The van der Waals surface area contributed by atoms with Gasteiger partial charge >= 0.3 is 5.97 Å². The Balaban J connectivity index is 1.78. The molecule has 0 fully saturated rings. The van der Waals surface area contributed by atoms with Crippen molar-refractivity contribution in [1.82, 2.24) is 0 Å². The van der Waals surface area contributed by atoms with E-state index in [1.807, 2.05) is 24.3 Å². The van der Waals surface area contributed by atoms with Gasteiger partial charge in [-0.05, 0) is 30.7 Å². The van der Waals surface area contributed by atoms with Crippen LogP contribution in [0, 0.1) is 10.1 Å². The maximum Gasteiger partial charge on any atom is 0.316 e. The molecule has 3 aromatic rings. The topological polar surface area (TPSA) is 93.8 Å². The third kappa shape index (κ3) is 4.14. The van der Waals surface area contributed by atoms with Gasteiger partial charge in [0.15, 0.2) is 5.17 Å². The van der Waals surface area contributed by atoms with Crippen molar-refractivity contribution in [3.8, 4) is 0 Å². The van der Waals surface area contributed by atoms with Crippen LogP contribution in [0.25, 0.3) is 10.1 Å². The average Bonchev–Trinajstić information content (AvgIpc) is 3.10. The quantitative estimate of drug-likeness (QED) is 0.300. The Labute approximate surface area is 185 Å². The summed E-state index contributed by atoms with van der Waals surface area (Å²) in [5.74, 6) is -0.220. The lowest BCUT2D eigenvalue weighted by Crippen LogP contribution is -2.19. The Morgan fingerprint density at radius 1 is 1.37 bits per heavy atom. The van der Waals surface area contributed by atoms with Crippen LogP contribution in [0.15, 0.2) is 47.5 Å². The van der Waals surface area contributed by atoms with Gasteiger partial charge in [-0.15, -0.1) is 11.3 Å². The van der Waals surface area contributed by atoms with Gasteiger partial charge in [-0.2, -0.15) is 0 Å².